The Kier molecular flexibility index (Phi) is 7.82. The minimum Gasteiger partial charge on any atom is -0.486 e. The van der Waals surface area contributed by atoms with Crippen molar-refractivity contribution in [3.63, 3.8) is 0 Å². The number of benzene rings is 2. The van der Waals surface area contributed by atoms with Gasteiger partial charge in [-0.1, -0.05) is 49.7 Å². The SMILES string of the molecule is Cc1ccc(C2c3cc(OCc4ccc(C(=O)NC(C)C)o4)ccc3CCN2C(=O)CC(C)C)cc1. The van der Waals surface area contributed by atoms with Gasteiger partial charge in [-0.25, -0.2) is 0 Å². The lowest BCUT2D eigenvalue weighted by Gasteiger charge is -2.38. The normalized spacial score (nSPS) is 15.2. The van der Waals surface area contributed by atoms with Gasteiger partial charge in [-0.3, -0.25) is 9.59 Å². The van der Waals surface area contributed by atoms with Crippen LogP contribution in [0.5, 0.6) is 5.75 Å². The molecule has 36 heavy (non-hydrogen) atoms. The van der Waals surface area contributed by atoms with Crippen molar-refractivity contribution in [1.29, 1.82) is 0 Å². The van der Waals surface area contributed by atoms with E-state index in [0.717, 1.165) is 17.5 Å². The molecule has 1 atom stereocenters. The van der Waals surface area contributed by atoms with Gasteiger partial charge in [0.1, 0.15) is 18.1 Å². The van der Waals surface area contributed by atoms with Crippen molar-refractivity contribution in [2.75, 3.05) is 6.54 Å². The Labute approximate surface area is 213 Å². The number of nitrogens with zero attached hydrogens (tertiary/aromatic N) is 1. The second-order valence-electron chi connectivity index (χ2n) is 10.3. The minimum absolute atomic E-state index is 0.0336. The highest BCUT2D eigenvalue weighted by Gasteiger charge is 2.32. The van der Waals surface area contributed by atoms with Crippen molar-refractivity contribution in [3.05, 3.63) is 88.4 Å². The van der Waals surface area contributed by atoms with Crippen LogP contribution in [-0.4, -0.2) is 29.3 Å². The maximum atomic E-state index is 13.2. The van der Waals surface area contributed by atoms with E-state index >= 15 is 0 Å². The molecule has 0 radical (unpaired) electrons. The van der Waals surface area contributed by atoms with Crippen molar-refractivity contribution < 1.29 is 18.7 Å². The van der Waals surface area contributed by atoms with Crippen molar-refractivity contribution >= 4 is 11.8 Å². The lowest BCUT2D eigenvalue weighted by Crippen LogP contribution is -2.41. The van der Waals surface area contributed by atoms with Gasteiger partial charge in [0.05, 0.1) is 6.04 Å². The highest BCUT2D eigenvalue weighted by atomic mass is 16.5. The zero-order valence-electron chi connectivity index (χ0n) is 21.8. The minimum atomic E-state index is -0.239. The van der Waals surface area contributed by atoms with E-state index in [2.05, 4.69) is 56.4 Å². The highest BCUT2D eigenvalue weighted by molar-refractivity contribution is 5.91. The number of fused-ring (bicyclic) bond motifs is 1. The van der Waals surface area contributed by atoms with Crippen LogP contribution in [0.2, 0.25) is 0 Å². The molecule has 1 aliphatic rings. The number of amides is 2. The molecule has 0 spiro atoms. The standard InChI is InChI=1S/C30H36N2O4/c1-19(2)16-28(33)32-15-14-22-10-11-24(17-26(22)29(32)23-8-6-21(5)7-9-23)35-18-25-12-13-27(36-25)30(34)31-20(3)4/h6-13,17,19-20,29H,14-16,18H2,1-5H3,(H,31,34). The van der Waals surface area contributed by atoms with Crippen LogP contribution in [0.1, 0.15) is 78.7 Å². The molecule has 1 unspecified atom stereocenters. The lowest BCUT2D eigenvalue weighted by atomic mass is 9.87. The number of nitrogens with one attached hydrogen (secondary N) is 1. The molecular weight excluding hydrogens is 452 g/mol. The molecule has 0 bridgehead atoms. The average Bonchev–Trinajstić information content (AvgIpc) is 3.31. The van der Waals surface area contributed by atoms with Gasteiger partial charge < -0.3 is 19.4 Å². The molecule has 6 heteroatoms. The van der Waals surface area contributed by atoms with Crippen LogP contribution in [0.4, 0.5) is 0 Å². The van der Waals surface area contributed by atoms with Crippen molar-refractivity contribution in [2.45, 2.75) is 66.2 Å². The van der Waals surface area contributed by atoms with E-state index in [-0.39, 0.29) is 36.3 Å². The van der Waals surface area contributed by atoms with Crippen LogP contribution in [0.25, 0.3) is 0 Å². The molecule has 6 nitrogen and oxygen atoms in total. The van der Waals surface area contributed by atoms with Gasteiger partial charge in [-0.15, -0.1) is 0 Å². The molecule has 4 rings (SSSR count). The topological polar surface area (TPSA) is 71.8 Å². The van der Waals surface area contributed by atoms with E-state index in [1.165, 1.54) is 11.1 Å². The van der Waals surface area contributed by atoms with Gasteiger partial charge in [-0.05, 0) is 74.1 Å². The predicted molar refractivity (Wildman–Crippen MR) is 140 cm³/mol. The van der Waals surface area contributed by atoms with Gasteiger partial charge in [-0.2, -0.15) is 0 Å². The molecule has 0 saturated carbocycles. The van der Waals surface area contributed by atoms with Gasteiger partial charge in [0.2, 0.25) is 5.91 Å². The molecule has 0 saturated heterocycles. The van der Waals surface area contributed by atoms with Crippen molar-refractivity contribution in [2.24, 2.45) is 5.92 Å². The smallest absolute Gasteiger partial charge is 0.287 e. The van der Waals surface area contributed by atoms with Gasteiger partial charge in [0.15, 0.2) is 5.76 Å². The summed E-state index contributed by atoms with van der Waals surface area (Å²) in [5, 5.41) is 2.82. The Morgan fingerprint density at radius 3 is 2.50 bits per heavy atom. The van der Waals surface area contributed by atoms with E-state index in [9.17, 15) is 9.59 Å². The zero-order valence-corrected chi connectivity index (χ0v) is 21.8. The van der Waals surface area contributed by atoms with Crippen LogP contribution in [0.15, 0.2) is 59.0 Å². The Morgan fingerprint density at radius 1 is 1.06 bits per heavy atom. The van der Waals surface area contributed by atoms with Crippen molar-refractivity contribution in [3.8, 4) is 5.75 Å². The largest absolute Gasteiger partial charge is 0.486 e. The van der Waals surface area contributed by atoms with Crippen LogP contribution < -0.4 is 10.1 Å². The number of aryl methyl sites for hydroxylation is 1. The van der Waals surface area contributed by atoms with E-state index in [0.29, 0.717) is 30.4 Å². The van der Waals surface area contributed by atoms with Gasteiger partial charge in [0.25, 0.3) is 5.91 Å². The van der Waals surface area contributed by atoms with E-state index in [1.807, 2.05) is 30.9 Å². The molecule has 1 N–H and O–H groups in total. The molecule has 2 aromatic carbocycles. The summed E-state index contributed by atoms with van der Waals surface area (Å²) in [6, 6.07) is 17.8. The first-order chi connectivity index (χ1) is 17.2. The number of carbonyl (C=O) groups excluding carboxylic acids is 2. The third kappa shape index (κ3) is 5.99. The third-order valence-corrected chi connectivity index (χ3v) is 6.33. The molecule has 3 aromatic rings. The van der Waals surface area contributed by atoms with E-state index in [1.54, 1.807) is 12.1 Å². The molecule has 0 aliphatic carbocycles. The maximum absolute atomic E-state index is 13.2. The van der Waals surface area contributed by atoms with Crippen LogP contribution in [0, 0.1) is 12.8 Å². The second kappa shape index (κ2) is 11.0. The third-order valence-electron chi connectivity index (χ3n) is 6.33. The molecule has 1 aliphatic heterocycles. The molecular formula is C30H36N2O4. The highest BCUT2D eigenvalue weighted by Crippen LogP contribution is 2.38. The first-order valence-electron chi connectivity index (χ1n) is 12.7. The Bertz CT molecular complexity index is 1210. The monoisotopic (exact) mass is 488 g/mol. The fourth-order valence-electron chi connectivity index (χ4n) is 4.59. The Morgan fingerprint density at radius 2 is 1.81 bits per heavy atom. The summed E-state index contributed by atoms with van der Waals surface area (Å²) in [6.07, 6.45) is 1.34. The Balaban J connectivity index is 1.58. The van der Waals surface area contributed by atoms with E-state index in [4.69, 9.17) is 9.15 Å². The predicted octanol–water partition coefficient (Wildman–Crippen LogP) is 5.83. The number of ether oxygens (including phenoxy) is 1. The fourth-order valence-corrected chi connectivity index (χ4v) is 4.59. The van der Waals surface area contributed by atoms with E-state index < -0.39 is 0 Å². The first kappa shape index (κ1) is 25.5. The second-order valence-corrected chi connectivity index (χ2v) is 10.3. The molecule has 2 heterocycles. The van der Waals surface area contributed by atoms with Gasteiger partial charge >= 0.3 is 0 Å². The van der Waals surface area contributed by atoms with Gasteiger partial charge in [0, 0.05) is 19.0 Å². The molecule has 0 fully saturated rings. The number of rotatable bonds is 8. The Hall–Kier alpha value is -3.54. The number of furan rings is 1. The summed E-state index contributed by atoms with van der Waals surface area (Å²) in [4.78, 5) is 27.4. The summed E-state index contributed by atoms with van der Waals surface area (Å²) in [5.41, 5.74) is 4.61. The summed E-state index contributed by atoms with van der Waals surface area (Å²) in [7, 11) is 0. The van der Waals surface area contributed by atoms with Crippen LogP contribution in [-0.2, 0) is 17.8 Å². The maximum Gasteiger partial charge on any atom is 0.287 e. The van der Waals surface area contributed by atoms with Crippen LogP contribution >= 0.6 is 0 Å². The fraction of sp³-hybridized carbons (Fsp3) is 0.400. The molecule has 1 aromatic heterocycles. The van der Waals surface area contributed by atoms with Crippen LogP contribution in [0.3, 0.4) is 0 Å². The zero-order chi connectivity index (χ0) is 25.8. The van der Waals surface area contributed by atoms with Crippen molar-refractivity contribution in [1.82, 2.24) is 10.2 Å². The summed E-state index contributed by atoms with van der Waals surface area (Å²) in [5.74, 6) is 1.78. The summed E-state index contributed by atoms with van der Waals surface area (Å²) >= 11 is 0. The summed E-state index contributed by atoms with van der Waals surface area (Å²) < 4.78 is 11.7. The average molecular weight is 489 g/mol. The summed E-state index contributed by atoms with van der Waals surface area (Å²) in [6.45, 7) is 10.9. The molecule has 190 valence electrons. The lowest BCUT2D eigenvalue weighted by molar-refractivity contribution is -0.134. The number of hydrogen-bond acceptors (Lipinski definition) is 4. The number of carbonyl (C=O) groups is 2. The number of hydrogen-bond donors (Lipinski definition) is 1. The first-order valence-corrected chi connectivity index (χ1v) is 12.7. The molecule has 2 amide bonds. The quantitative estimate of drug-likeness (QED) is 0.433.